The molecule has 1 aliphatic rings. The Bertz CT molecular complexity index is 577. The maximum absolute atomic E-state index is 13.2. The predicted molar refractivity (Wildman–Crippen MR) is 64.2 cm³/mol. The lowest BCUT2D eigenvalue weighted by Gasteiger charge is -2.28. The summed E-state index contributed by atoms with van der Waals surface area (Å²) in [5.41, 5.74) is -2.77. The van der Waals surface area contributed by atoms with Crippen LogP contribution < -0.4 is 11.2 Å². The maximum atomic E-state index is 13.2. The molecule has 3 atom stereocenters. The Balaban J connectivity index is 2.38. The van der Waals surface area contributed by atoms with E-state index in [1.54, 1.807) is 6.92 Å². The van der Waals surface area contributed by atoms with Crippen molar-refractivity contribution in [1.29, 1.82) is 0 Å². The normalized spacial score (nSPS) is 30.7. The summed E-state index contributed by atoms with van der Waals surface area (Å²) in [6, 6.07) is 0. The van der Waals surface area contributed by atoms with E-state index in [0.717, 1.165) is 10.8 Å². The first kappa shape index (κ1) is 13.9. The Kier molecular flexibility index (Phi) is 3.58. The number of hydrogen-bond donors (Lipinski definition) is 1. The first-order valence-electron chi connectivity index (χ1n) is 6.18. The monoisotopic (exact) mass is 274 g/mol. The molecule has 0 radical (unpaired) electrons. The fraction of sp³-hybridized carbons (Fsp3) is 0.667. The number of aromatic amines is 1. The van der Waals surface area contributed by atoms with Gasteiger partial charge in [0, 0.05) is 0 Å². The fourth-order valence-electron chi connectivity index (χ4n) is 2.49. The molecule has 1 N–H and O–H groups in total. The molecule has 0 saturated carbocycles. The fourth-order valence-corrected chi connectivity index (χ4v) is 2.49. The van der Waals surface area contributed by atoms with Crippen molar-refractivity contribution in [2.24, 2.45) is 5.92 Å². The number of nitrogens with zero attached hydrogens (tertiary/aromatic N) is 1. The molecule has 1 saturated heterocycles. The van der Waals surface area contributed by atoms with Gasteiger partial charge in [0.15, 0.2) is 0 Å². The van der Waals surface area contributed by atoms with E-state index in [1.165, 1.54) is 0 Å². The van der Waals surface area contributed by atoms with E-state index < -0.39 is 35.6 Å². The molecular weight excluding hydrogens is 258 g/mol. The summed E-state index contributed by atoms with van der Waals surface area (Å²) in [6.07, 6.45) is 0.900. The van der Waals surface area contributed by atoms with Crippen molar-refractivity contribution >= 4 is 0 Å². The second kappa shape index (κ2) is 4.88. The van der Waals surface area contributed by atoms with Gasteiger partial charge >= 0.3 is 5.69 Å². The highest BCUT2D eigenvalue weighted by Gasteiger charge is 2.46. The van der Waals surface area contributed by atoms with Crippen LogP contribution in [0, 0.1) is 11.7 Å². The minimum atomic E-state index is -1.07. The van der Waals surface area contributed by atoms with Crippen LogP contribution >= 0.6 is 0 Å². The maximum Gasteiger partial charge on any atom is 0.330 e. The number of hydrogen-bond acceptors (Lipinski definition) is 3. The molecule has 0 bridgehead atoms. The molecule has 0 amide bonds. The Morgan fingerprint density at radius 3 is 2.79 bits per heavy atom. The highest BCUT2D eigenvalue weighted by Crippen LogP contribution is 2.42. The van der Waals surface area contributed by atoms with Crippen LogP contribution in [-0.2, 0) is 4.74 Å². The van der Waals surface area contributed by atoms with Crippen molar-refractivity contribution in [2.45, 2.75) is 38.5 Å². The van der Waals surface area contributed by atoms with E-state index >= 15 is 0 Å². The van der Waals surface area contributed by atoms with Gasteiger partial charge in [-0.25, -0.2) is 9.18 Å². The summed E-state index contributed by atoms with van der Waals surface area (Å²) in [7, 11) is 0. The number of nitrogens with one attached hydrogen (secondary N) is 1. The molecule has 0 aromatic carbocycles. The Morgan fingerprint density at radius 2 is 2.26 bits per heavy atom. The summed E-state index contributed by atoms with van der Waals surface area (Å²) in [6.45, 7) is 2.96. The first-order chi connectivity index (χ1) is 8.93. The zero-order chi connectivity index (χ0) is 14.2. The largest absolute Gasteiger partial charge is 0.348 e. The second-order valence-corrected chi connectivity index (χ2v) is 4.90. The number of alkyl halides is 1. The quantitative estimate of drug-likeness (QED) is 0.905. The van der Waals surface area contributed by atoms with Gasteiger partial charge in [-0.15, -0.1) is 0 Å². The van der Waals surface area contributed by atoms with Crippen LogP contribution in [-0.4, -0.2) is 21.8 Å². The molecule has 7 heteroatoms. The van der Waals surface area contributed by atoms with Gasteiger partial charge in [0.05, 0.1) is 6.20 Å². The van der Waals surface area contributed by atoms with E-state index in [9.17, 15) is 18.4 Å². The van der Waals surface area contributed by atoms with Crippen molar-refractivity contribution in [3.05, 3.63) is 32.9 Å². The number of H-pyrrole nitrogens is 1. The van der Waals surface area contributed by atoms with Gasteiger partial charge in [0.1, 0.15) is 18.5 Å². The minimum Gasteiger partial charge on any atom is -0.348 e. The Hall–Kier alpha value is -1.50. The molecule has 2 rings (SSSR count). The first-order valence-corrected chi connectivity index (χ1v) is 6.18. The van der Waals surface area contributed by atoms with Crippen LogP contribution in [0.2, 0.25) is 0 Å². The summed E-state index contributed by atoms with van der Waals surface area (Å²) in [4.78, 5) is 24.5. The highest BCUT2D eigenvalue weighted by molar-refractivity contribution is 4.95. The molecule has 1 fully saturated rings. The summed E-state index contributed by atoms with van der Waals surface area (Å²) >= 11 is 0. The van der Waals surface area contributed by atoms with Gasteiger partial charge in [-0.1, -0.05) is 13.8 Å². The molecule has 2 heterocycles. The smallest absolute Gasteiger partial charge is 0.330 e. The molecule has 19 heavy (non-hydrogen) atoms. The van der Waals surface area contributed by atoms with Gasteiger partial charge in [-0.05, 0) is 18.8 Å². The molecule has 1 aliphatic heterocycles. The number of ether oxygens (including phenoxy) is 1. The van der Waals surface area contributed by atoms with Crippen LogP contribution in [0.3, 0.4) is 0 Å². The van der Waals surface area contributed by atoms with Crippen molar-refractivity contribution in [3.8, 4) is 0 Å². The number of aromatic nitrogens is 2. The van der Waals surface area contributed by atoms with Crippen LogP contribution in [0.5, 0.6) is 0 Å². The van der Waals surface area contributed by atoms with E-state index in [-0.39, 0.29) is 5.92 Å². The number of rotatable bonds is 3. The molecule has 0 unspecified atom stereocenters. The average molecular weight is 274 g/mol. The molecule has 0 aliphatic carbocycles. The topological polar surface area (TPSA) is 64.1 Å². The van der Waals surface area contributed by atoms with Gasteiger partial charge in [0.2, 0.25) is 5.82 Å². The van der Waals surface area contributed by atoms with Gasteiger partial charge in [0.25, 0.3) is 5.56 Å². The molecule has 1 aromatic rings. The van der Waals surface area contributed by atoms with E-state index in [0.29, 0.717) is 12.8 Å². The molecule has 1 aromatic heterocycles. The van der Waals surface area contributed by atoms with E-state index in [4.69, 9.17) is 4.74 Å². The molecule has 0 spiro atoms. The highest BCUT2D eigenvalue weighted by atomic mass is 19.1. The lowest BCUT2D eigenvalue weighted by molar-refractivity contribution is -0.0984. The SMILES string of the molecule is CC[C@@]1(CF)O[C@@H](n2cc(F)c(=O)[nH]c2=O)C[C@@H]1C. The van der Waals surface area contributed by atoms with Gasteiger partial charge in [-0.2, -0.15) is 4.39 Å². The number of halogens is 2. The predicted octanol–water partition coefficient (Wildman–Crippen LogP) is 1.35. The third-order valence-electron chi connectivity index (χ3n) is 3.88. The minimum absolute atomic E-state index is 0.102. The van der Waals surface area contributed by atoms with Crippen molar-refractivity contribution in [3.63, 3.8) is 0 Å². The lowest BCUT2D eigenvalue weighted by Crippen LogP contribution is -2.38. The average Bonchev–Trinajstić information content (AvgIpc) is 2.71. The third kappa shape index (κ3) is 2.22. The van der Waals surface area contributed by atoms with E-state index in [1.807, 2.05) is 11.9 Å². The molecule has 5 nitrogen and oxygen atoms in total. The van der Waals surface area contributed by atoms with E-state index in [2.05, 4.69) is 0 Å². The molecular formula is C12H16F2N2O3. The van der Waals surface area contributed by atoms with Crippen LogP contribution in [0.15, 0.2) is 15.8 Å². The lowest BCUT2D eigenvalue weighted by atomic mass is 9.87. The van der Waals surface area contributed by atoms with Gasteiger partial charge in [-0.3, -0.25) is 14.3 Å². The molecule has 106 valence electrons. The van der Waals surface area contributed by atoms with Crippen LogP contribution in [0.1, 0.15) is 32.9 Å². The van der Waals surface area contributed by atoms with Crippen molar-refractivity contribution in [1.82, 2.24) is 9.55 Å². The van der Waals surface area contributed by atoms with Crippen LogP contribution in [0.4, 0.5) is 8.78 Å². The standard InChI is InChI=1S/C12H16F2N2O3/c1-3-12(6-13)7(2)4-9(19-12)16-5-8(14)10(17)15-11(16)18/h5,7,9H,3-4,6H2,1-2H3,(H,15,17,18)/t7-,9+,12-/m0/s1. The third-order valence-corrected chi connectivity index (χ3v) is 3.88. The Morgan fingerprint density at radius 1 is 1.58 bits per heavy atom. The zero-order valence-corrected chi connectivity index (χ0v) is 10.8. The summed E-state index contributed by atoms with van der Waals surface area (Å²) in [5.74, 6) is -1.17. The zero-order valence-electron chi connectivity index (χ0n) is 10.8. The summed E-state index contributed by atoms with van der Waals surface area (Å²) in [5, 5.41) is 0. The van der Waals surface area contributed by atoms with Crippen molar-refractivity contribution in [2.75, 3.05) is 6.67 Å². The second-order valence-electron chi connectivity index (χ2n) is 4.90. The Labute approximate surface area is 108 Å². The summed E-state index contributed by atoms with van der Waals surface area (Å²) < 4.78 is 33.0. The van der Waals surface area contributed by atoms with Crippen LogP contribution in [0.25, 0.3) is 0 Å². The van der Waals surface area contributed by atoms with Gasteiger partial charge < -0.3 is 4.74 Å². The van der Waals surface area contributed by atoms with Crippen molar-refractivity contribution < 1.29 is 13.5 Å².